The van der Waals surface area contributed by atoms with Gasteiger partial charge in [-0.05, 0) is 37.3 Å². The highest BCUT2D eigenvalue weighted by molar-refractivity contribution is 6.33. The molecule has 0 bridgehead atoms. The average molecular weight is 280 g/mol. The molecule has 1 aliphatic rings. The minimum Gasteiger partial charge on any atom is -0.467 e. The number of anilines is 1. The van der Waals surface area contributed by atoms with Crippen molar-refractivity contribution in [1.82, 2.24) is 0 Å². The lowest BCUT2D eigenvalue weighted by molar-refractivity contribution is -0.142. The summed E-state index contributed by atoms with van der Waals surface area (Å²) < 4.78 is 4.91. The normalized spacial score (nSPS) is 19.8. The molecule has 0 aliphatic heterocycles. The van der Waals surface area contributed by atoms with Gasteiger partial charge in [0.25, 0.3) is 0 Å². The maximum atomic E-state index is 12.0. The molecule has 1 aromatic rings. The van der Waals surface area contributed by atoms with Gasteiger partial charge in [0, 0.05) is 0 Å². The second-order valence-corrected chi connectivity index (χ2v) is 5.08. The lowest BCUT2D eigenvalue weighted by atomic mass is 9.87. The smallest absolute Gasteiger partial charge is 0.328 e. The number of rotatable bonds is 4. The van der Waals surface area contributed by atoms with Gasteiger partial charge in [-0.15, -0.1) is 0 Å². The fourth-order valence-corrected chi connectivity index (χ4v) is 2.55. The van der Waals surface area contributed by atoms with Gasteiger partial charge in [0.2, 0.25) is 0 Å². The number of halogens is 1. The minimum atomic E-state index is -0.352. The molecule has 3 nitrogen and oxygen atoms in total. The largest absolute Gasteiger partial charge is 0.467 e. The van der Waals surface area contributed by atoms with Crippen LogP contribution in [0.2, 0.25) is 5.02 Å². The summed E-state index contributed by atoms with van der Waals surface area (Å²) in [5.74, 6) is 0.00828. The third-order valence-corrected chi connectivity index (χ3v) is 3.75. The van der Waals surface area contributed by atoms with Gasteiger partial charge in [0.1, 0.15) is 6.04 Å². The highest BCUT2D eigenvalue weighted by Gasteiger charge is 2.29. The van der Waals surface area contributed by atoms with E-state index in [0.29, 0.717) is 5.02 Å². The molecule has 2 atom stereocenters. The van der Waals surface area contributed by atoms with Gasteiger partial charge in [0.15, 0.2) is 0 Å². The zero-order chi connectivity index (χ0) is 13.7. The average Bonchev–Trinajstić information content (AvgIpc) is 2.46. The van der Waals surface area contributed by atoms with Crippen molar-refractivity contribution in [3.63, 3.8) is 0 Å². The lowest BCUT2D eigenvalue weighted by Crippen LogP contribution is -2.38. The molecule has 19 heavy (non-hydrogen) atoms. The van der Waals surface area contributed by atoms with Gasteiger partial charge < -0.3 is 10.1 Å². The third kappa shape index (κ3) is 3.51. The van der Waals surface area contributed by atoms with Gasteiger partial charge in [-0.1, -0.05) is 35.9 Å². The van der Waals surface area contributed by atoms with Crippen LogP contribution < -0.4 is 5.32 Å². The molecule has 2 unspecified atom stereocenters. The summed E-state index contributed by atoms with van der Waals surface area (Å²) in [6.07, 6.45) is 7.14. The topological polar surface area (TPSA) is 38.3 Å². The molecule has 0 amide bonds. The Labute approximate surface area is 118 Å². The van der Waals surface area contributed by atoms with Gasteiger partial charge in [-0.2, -0.15) is 0 Å². The molecule has 1 aliphatic carbocycles. The Bertz CT molecular complexity index is 473. The van der Waals surface area contributed by atoms with Crippen molar-refractivity contribution >= 4 is 23.3 Å². The van der Waals surface area contributed by atoms with Crippen molar-refractivity contribution in [3.05, 3.63) is 41.4 Å². The number of allylic oxidation sites excluding steroid dienone is 2. The van der Waals surface area contributed by atoms with Gasteiger partial charge in [-0.25, -0.2) is 4.79 Å². The molecule has 102 valence electrons. The lowest BCUT2D eigenvalue weighted by Gasteiger charge is -2.27. The van der Waals surface area contributed by atoms with E-state index >= 15 is 0 Å². The number of methoxy groups -OCH3 is 1. The molecule has 4 heteroatoms. The molecule has 0 saturated carbocycles. The van der Waals surface area contributed by atoms with Gasteiger partial charge in [0.05, 0.1) is 17.8 Å². The number of hydrogen-bond donors (Lipinski definition) is 1. The SMILES string of the molecule is COC(=O)C(Nc1ccccc1Cl)C1CC=CCC1. The highest BCUT2D eigenvalue weighted by atomic mass is 35.5. The number of esters is 1. The van der Waals surface area contributed by atoms with E-state index in [1.165, 1.54) is 7.11 Å². The number of carbonyl (C=O) groups is 1. The predicted octanol–water partition coefficient (Wildman–Crippen LogP) is 3.65. The monoisotopic (exact) mass is 279 g/mol. The van der Waals surface area contributed by atoms with Crippen LogP contribution in [0.1, 0.15) is 19.3 Å². The van der Waals surface area contributed by atoms with Crippen molar-refractivity contribution < 1.29 is 9.53 Å². The van der Waals surface area contributed by atoms with Crippen LogP contribution >= 0.6 is 11.6 Å². The predicted molar refractivity (Wildman–Crippen MR) is 77.4 cm³/mol. The van der Waals surface area contributed by atoms with Gasteiger partial charge in [-0.3, -0.25) is 0 Å². The Balaban J connectivity index is 2.16. The van der Waals surface area contributed by atoms with Crippen LogP contribution in [0, 0.1) is 5.92 Å². The second-order valence-electron chi connectivity index (χ2n) is 4.67. The first-order chi connectivity index (χ1) is 9.22. The molecule has 0 fully saturated rings. The van der Waals surface area contributed by atoms with E-state index in [0.717, 1.165) is 24.9 Å². The van der Waals surface area contributed by atoms with Crippen LogP contribution in [-0.4, -0.2) is 19.1 Å². The third-order valence-electron chi connectivity index (χ3n) is 3.42. The molecular formula is C15H18ClNO2. The quantitative estimate of drug-likeness (QED) is 0.675. The molecule has 0 spiro atoms. The molecule has 1 N–H and O–H groups in total. The molecule has 1 aromatic carbocycles. The summed E-state index contributed by atoms with van der Waals surface area (Å²) in [6, 6.07) is 7.08. The fraction of sp³-hybridized carbons (Fsp3) is 0.400. The molecule has 0 saturated heterocycles. The maximum Gasteiger partial charge on any atom is 0.328 e. The number of benzene rings is 1. The first kappa shape index (κ1) is 13.9. The van der Waals surface area contributed by atoms with Crippen LogP contribution in [0.25, 0.3) is 0 Å². The number of carbonyl (C=O) groups excluding carboxylic acids is 1. The summed E-state index contributed by atoms with van der Waals surface area (Å²) in [4.78, 5) is 12.0. The summed E-state index contributed by atoms with van der Waals surface area (Å²) in [5, 5.41) is 3.84. The summed E-state index contributed by atoms with van der Waals surface area (Å²) in [5.41, 5.74) is 0.772. The number of ether oxygens (including phenoxy) is 1. The number of hydrogen-bond acceptors (Lipinski definition) is 3. The van der Waals surface area contributed by atoms with Crippen molar-refractivity contribution in [2.45, 2.75) is 25.3 Å². The van der Waals surface area contributed by atoms with E-state index in [1.54, 1.807) is 6.07 Å². The van der Waals surface area contributed by atoms with Crippen molar-refractivity contribution in [2.75, 3.05) is 12.4 Å². The molecule has 2 rings (SSSR count). The van der Waals surface area contributed by atoms with Crippen molar-refractivity contribution in [1.29, 1.82) is 0 Å². The molecule has 0 aromatic heterocycles. The Morgan fingerprint density at radius 3 is 2.84 bits per heavy atom. The summed E-state index contributed by atoms with van der Waals surface area (Å²) in [7, 11) is 1.42. The maximum absolute atomic E-state index is 12.0. The Morgan fingerprint density at radius 2 is 2.21 bits per heavy atom. The number of para-hydroxylation sites is 1. The Morgan fingerprint density at radius 1 is 1.42 bits per heavy atom. The van der Waals surface area contributed by atoms with E-state index in [1.807, 2.05) is 18.2 Å². The second kappa shape index (κ2) is 6.62. The summed E-state index contributed by atoms with van der Waals surface area (Å²) >= 11 is 6.13. The zero-order valence-corrected chi connectivity index (χ0v) is 11.7. The van der Waals surface area contributed by atoms with Crippen LogP contribution in [0.15, 0.2) is 36.4 Å². The summed E-state index contributed by atoms with van der Waals surface area (Å²) in [6.45, 7) is 0. The molecular weight excluding hydrogens is 262 g/mol. The fourth-order valence-electron chi connectivity index (χ4n) is 2.36. The number of nitrogens with one attached hydrogen (secondary N) is 1. The van der Waals surface area contributed by atoms with Gasteiger partial charge >= 0.3 is 5.97 Å². The van der Waals surface area contributed by atoms with E-state index < -0.39 is 0 Å². The Hall–Kier alpha value is -1.48. The van der Waals surface area contributed by atoms with E-state index in [4.69, 9.17) is 16.3 Å². The van der Waals surface area contributed by atoms with Crippen LogP contribution in [0.3, 0.4) is 0 Å². The standard InChI is InChI=1S/C15H18ClNO2/c1-19-15(18)14(11-7-3-2-4-8-11)17-13-10-6-5-9-12(13)16/h2-3,5-6,9-11,14,17H,4,7-8H2,1H3. The first-order valence-electron chi connectivity index (χ1n) is 6.46. The highest BCUT2D eigenvalue weighted by Crippen LogP contribution is 2.28. The van der Waals surface area contributed by atoms with Crippen LogP contribution in [-0.2, 0) is 9.53 Å². The minimum absolute atomic E-state index is 0.236. The molecule has 0 heterocycles. The van der Waals surface area contributed by atoms with Crippen LogP contribution in [0.5, 0.6) is 0 Å². The molecule has 0 radical (unpaired) electrons. The van der Waals surface area contributed by atoms with Crippen molar-refractivity contribution in [3.8, 4) is 0 Å². The van der Waals surface area contributed by atoms with Crippen LogP contribution in [0.4, 0.5) is 5.69 Å². The van der Waals surface area contributed by atoms with E-state index in [2.05, 4.69) is 17.5 Å². The van der Waals surface area contributed by atoms with E-state index in [9.17, 15) is 4.79 Å². The Kier molecular flexibility index (Phi) is 4.86. The van der Waals surface area contributed by atoms with Crippen molar-refractivity contribution in [2.24, 2.45) is 5.92 Å². The van der Waals surface area contributed by atoms with E-state index in [-0.39, 0.29) is 17.9 Å². The zero-order valence-electron chi connectivity index (χ0n) is 10.9. The first-order valence-corrected chi connectivity index (χ1v) is 6.84.